The topological polar surface area (TPSA) is 36.4 Å². The Morgan fingerprint density at radius 1 is 1.40 bits per heavy atom. The zero-order valence-electron chi connectivity index (χ0n) is 8.83. The predicted octanol–water partition coefficient (Wildman–Crippen LogP) is 1.38. The molecule has 0 unspecified atom stereocenters. The normalized spacial score (nSPS) is 13.3. The lowest BCUT2D eigenvalue weighted by atomic mass is 10.4. The van der Waals surface area contributed by atoms with E-state index in [0.717, 1.165) is 25.6 Å². The van der Waals surface area contributed by atoms with Gasteiger partial charge in [-0.25, -0.2) is 4.39 Å². The van der Waals surface area contributed by atoms with E-state index in [-0.39, 0.29) is 5.82 Å². The fourth-order valence-electron chi connectivity index (χ4n) is 1.10. The zero-order chi connectivity index (χ0) is 10.9. The summed E-state index contributed by atoms with van der Waals surface area (Å²) in [5.41, 5.74) is 0. The van der Waals surface area contributed by atoms with Crippen LogP contribution in [-0.2, 0) is 0 Å². The Labute approximate surface area is 89.4 Å². The van der Waals surface area contributed by atoms with Crippen LogP contribution < -0.4 is 10.6 Å². The summed E-state index contributed by atoms with van der Waals surface area (Å²) in [6.07, 6.45) is 0. The van der Waals surface area contributed by atoms with Crippen molar-refractivity contribution in [1.29, 1.82) is 0 Å². The number of halogens is 1. The second kappa shape index (κ2) is 6.81. The lowest BCUT2D eigenvalue weighted by Gasteiger charge is -1.99. The first-order chi connectivity index (χ1) is 7.33. The molecule has 0 radical (unpaired) electrons. The molecule has 0 aliphatic carbocycles. The van der Waals surface area contributed by atoms with E-state index in [1.165, 1.54) is 12.1 Å². The van der Waals surface area contributed by atoms with Crippen molar-refractivity contribution in [3.63, 3.8) is 0 Å². The highest BCUT2D eigenvalue weighted by Crippen LogP contribution is 1.91. The molecule has 4 heteroatoms. The van der Waals surface area contributed by atoms with Gasteiger partial charge in [0, 0.05) is 13.1 Å². The smallest absolute Gasteiger partial charge is 0.191 e. The van der Waals surface area contributed by atoms with Gasteiger partial charge in [0.2, 0.25) is 0 Å². The van der Waals surface area contributed by atoms with Crippen molar-refractivity contribution in [3.8, 4) is 0 Å². The third kappa shape index (κ3) is 5.00. The second-order valence-electron chi connectivity index (χ2n) is 2.98. The van der Waals surface area contributed by atoms with Crippen LogP contribution in [0.4, 0.5) is 4.39 Å². The first-order valence-electron chi connectivity index (χ1n) is 5.05. The van der Waals surface area contributed by atoms with Gasteiger partial charge in [0.05, 0.1) is 6.54 Å². The summed E-state index contributed by atoms with van der Waals surface area (Å²) < 4.78 is 11.9. The third-order valence-corrected chi connectivity index (χ3v) is 1.75. The average Bonchev–Trinajstić information content (AvgIpc) is 2.73. The Morgan fingerprint density at radius 3 is 2.53 bits per heavy atom. The summed E-state index contributed by atoms with van der Waals surface area (Å²) >= 11 is 0. The van der Waals surface area contributed by atoms with E-state index in [0.29, 0.717) is 0 Å². The van der Waals surface area contributed by atoms with Crippen LogP contribution in [0.5, 0.6) is 0 Å². The minimum Gasteiger partial charge on any atom is -0.357 e. The summed E-state index contributed by atoms with van der Waals surface area (Å²) in [5.74, 6) is 0.773. The summed E-state index contributed by atoms with van der Waals surface area (Å²) in [6.45, 7) is 4.92. The molecule has 1 aromatic carbocycles. The molecule has 0 saturated carbocycles. The number of hydrogen-bond acceptors (Lipinski definition) is 3. The molecule has 0 saturated heterocycles. The molecule has 0 fully saturated rings. The molecule has 1 aliphatic heterocycles. The molecular weight excluding hydrogens is 193 g/mol. The van der Waals surface area contributed by atoms with Crippen molar-refractivity contribution in [1.82, 2.24) is 10.6 Å². The Morgan fingerprint density at radius 2 is 2.13 bits per heavy atom. The van der Waals surface area contributed by atoms with E-state index in [4.69, 9.17) is 0 Å². The van der Waals surface area contributed by atoms with Crippen molar-refractivity contribution >= 4 is 5.96 Å². The maximum absolute atomic E-state index is 11.9. The van der Waals surface area contributed by atoms with Crippen LogP contribution in [-0.4, -0.2) is 25.6 Å². The quantitative estimate of drug-likeness (QED) is 0.733. The molecule has 2 rings (SSSR count). The van der Waals surface area contributed by atoms with Crippen molar-refractivity contribution < 1.29 is 4.39 Å². The first kappa shape index (κ1) is 11.5. The molecule has 0 aromatic heterocycles. The molecular formula is C11H16FN3. The fraction of sp³-hybridized carbons (Fsp3) is 0.364. The van der Waals surface area contributed by atoms with E-state index in [1.807, 2.05) is 0 Å². The number of rotatable bonds is 1. The monoisotopic (exact) mass is 209 g/mol. The van der Waals surface area contributed by atoms with E-state index in [2.05, 4.69) is 22.5 Å². The van der Waals surface area contributed by atoms with Crippen LogP contribution in [0, 0.1) is 5.82 Å². The molecule has 3 nitrogen and oxygen atoms in total. The average molecular weight is 209 g/mol. The van der Waals surface area contributed by atoms with Crippen LogP contribution in [0.1, 0.15) is 6.92 Å². The van der Waals surface area contributed by atoms with Gasteiger partial charge in [-0.3, -0.25) is 4.99 Å². The third-order valence-electron chi connectivity index (χ3n) is 1.75. The highest BCUT2D eigenvalue weighted by Gasteiger charge is 1.99. The Bertz CT molecular complexity index is 298. The highest BCUT2D eigenvalue weighted by molar-refractivity contribution is 5.81. The Kier molecular flexibility index (Phi) is 5.22. The lowest BCUT2D eigenvalue weighted by molar-refractivity contribution is 0.628. The SMILES string of the molecule is CCNC1=NCCN1.Fc1ccccc1. The summed E-state index contributed by atoms with van der Waals surface area (Å²) in [6, 6.07) is 7.94. The number of aliphatic imine (C=N–C) groups is 1. The van der Waals surface area contributed by atoms with Gasteiger partial charge in [0.1, 0.15) is 5.82 Å². The van der Waals surface area contributed by atoms with Crippen molar-refractivity contribution in [2.24, 2.45) is 4.99 Å². The standard InChI is InChI=1S/C6H5F.C5H11N3/c7-6-4-2-1-3-5-6;1-2-6-5-7-3-4-8-5/h1-5H;2-4H2,1H3,(H2,6,7,8). The maximum atomic E-state index is 11.9. The fourth-order valence-corrected chi connectivity index (χ4v) is 1.10. The number of benzene rings is 1. The maximum Gasteiger partial charge on any atom is 0.191 e. The molecule has 1 aliphatic rings. The number of nitrogens with zero attached hydrogens (tertiary/aromatic N) is 1. The lowest BCUT2D eigenvalue weighted by Crippen LogP contribution is -2.33. The van der Waals surface area contributed by atoms with Gasteiger partial charge in [-0.05, 0) is 19.1 Å². The molecule has 0 atom stereocenters. The molecule has 82 valence electrons. The predicted molar refractivity (Wildman–Crippen MR) is 60.4 cm³/mol. The number of nitrogens with one attached hydrogen (secondary N) is 2. The van der Waals surface area contributed by atoms with Crippen LogP contribution >= 0.6 is 0 Å². The second-order valence-corrected chi connectivity index (χ2v) is 2.98. The molecule has 0 spiro atoms. The summed E-state index contributed by atoms with van der Waals surface area (Å²) in [7, 11) is 0. The van der Waals surface area contributed by atoms with Gasteiger partial charge in [0.15, 0.2) is 5.96 Å². The Hall–Kier alpha value is -1.58. The van der Waals surface area contributed by atoms with E-state index >= 15 is 0 Å². The van der Waals surface area contributed by atoms with Crippen LogP contribution in [0.15, 0.2) is 35.3 Å². The zero-order valence-corrected chi connectivity index (χ0v) is 8.83. The van der Waals surface area contributed by atoms with Gasteiger partial charge >= 0.3 is 0 Å². The van der Waals surface area contributed by atoms with E-state index < -0.39 is 0 Å². The van der Waals surface area contributed by atoms with Gasteiger partial charge in [-0.15, -0.1) is 0 Å². The van der Waals surface area contributed by atoms with Gasteiger partial charge in [-0.1, -0.05) is 18.2 Å². The highest BCUT2D eigenvalue weighted by atomic mass is 19.1. The summed E-state index contributed by atoms with van der Waals surface area (Å²) in [5, 5.41) is 6.18. The molecule has 1 aromatic rings. The van der Waals surface area contributed by atoms with Crippen LogP contribution in [0.25, 0.3) is 0 Å². The molecule has 1 heterocycles. The van der Waals surface area contributed by atoms with Gasteiger partial charge in [-0.2, -0.15) is 0 Å². The largest absolute Gasteiger partial charge is 0.357 e. The van der Waals surface area contributed by atoms with Gasteiger partial charge < -0.3 is 10.6 Å². The van der Waals surface area contributed by atoms with E-state index in [9.17, 15) is 4.39 Å². The van der Waals surface area contributed by atoms with Crippen LogP contribution in [0.2, 0.25) is 0 Å². The van der Waals surface area contributed by atoms with Crippen molar-refractivity contribution in [2.45, 2.75) is 6.92 Å². The number of guanidine groups is 1. The first-order valence-corrected chi connectivity index (χ1v) is 5.05. The minimum absolute atomic E-state index is 0.178. The van der Waals surface area contributed by atoms with Gasteiger partial charge in [0.25, 0.3) is 0 Å². The van der Waals surface area contributed by atoms with Crippen LogP contribution in [0.3, 0.4) is 0 Å². The molecule has 0 bridgehead atoms. The molecule has 15 heavy (non-hydrogen) atoms. The Balaban J connectivity index is 0.000000151. The molecule has 0 amide bonds. The van der Waals surface area contributed by atoms with E-state index in [1.54, 1.807) is 18.2 Å². The van der Waals surface area contributed by atoms with Crippen molar-refractivity contribution in [2.75, 3.05) is 19.6 Å². The molecule has 2 N–H and O–H groups in total. The number of hydrogen-bond donors (Lipinski definition) is 2. The summed E-state index contributed by atoms with van der Waals surface area (Å²) in [4.78, 5) is 4.12. The minimum atomic E-state index is -0.178. The van der Waals surface area contributed by atoms with Crippen molar-refractivity contribution in [3.05, 3.63) is 36.1 Å².